The number of aromatic nitrogens is 3. The zero-order valence-corrected chi connectivity index (χ0v) is 13.5. The molecule has 1 aromatic carbocycles. The summed E-state index contributed by atoms with van der Waals surface area (Å²) in [5, 5.41) is 11.1. The Balaban J connectivity index is 1.45. The van der Waals surface area contributed by atoms with Crippen LogP contribution in [0.1, 0.15) is 24.4 Å². The number of pyridine rings is 1. The van der Waals surface area contributed by atoms with E-state index >= 15 is 0 Å². The minimum absolute atomic E-state index is 0.210. The number of carbonyl (C=O) groups is 1. The molecule has 0 fully saturated rings. The Morgan fingerprint density at radius 1 is 1.24 bits per heavy atom. The van der Waals surface area contributed by atoms with Crippen molar-refractivity contribution in [2.24, 2.45) is 0 Å². The Morgan fingerprint density at radius 3 is 3.04 bits per heavy atom. The average molecular weight is 336 g/mol. The first-order valence-corrected chi connectivity index (χ1v) is 7.88. The maximum absolute atomic E-state index is 12.2. The SMILES string of the molecule is C[C@H](NC(=O)/C=C/c1ccc2c(c1)OCO2)c1nnc2ccccn12. The van der Waals surface area contributed by atoms with Crippen LogP contribution < -0.4 is 14.8 Å². The number of nitrogens with one attached hydrogen (secondary N) is 1. The Bertz CT molecular complexity index is 964. The molecule has 25 heavy (non-hydrogen) atoms. The maximum atomic E-state index is 12.2. The van der Waals surface area contributed by atoms with Crippen LogP contribution in [0.2, 0.25) is 0 Å². The molecule has 0 bridgehead atoms. The van der Waals surface area contributed by atoms with E-state index in [1.807, 2.05) is 53.9 Å². The maximum Gasteiger partial charge on any atom is 0.244 e. The van der Waals surface area contributed by atoms with Crippen LogP contribution in [0.25, 0.3) is 11.7 Å². The molecular weight excluding hydrogens is 320 g/mol. The lowest BCUT2D eigenvalue weighted by Gasteiger charge is -2.10. The number of fused-ring (bicyclic) bond motifs is 2. The van der Waals surface area contributed by atoms with Crippen molar-refractivity contribution in [2.75, 3.05) is 6.79 Å². The van der Waals surface area contributed by atoms with E-state index in [1.165, 1.54) is 6.08 Å². The Morgan fingerprint density at radius 2 is 2.12 bits per heavy atom. The van der Waals surface area contributed by atoms with Gasteiger partial charge in [-0.1, -0.05) is 12.1 Å². The Kier molecular flexibility index (Phi) is 3.81. The summed E-state index contributed by atoms with van der Waals surface area (Å²) < 4.78 is 12.4. The number of hydrogen-bond acceptors (Lipinski definition) is 5. The van der Waals surface area contributed by atoms with Crippen LogP contribution >= 0.6 is 0 Å². The topological polar surface area (TPSA) is 77.8 Å². The molecule has 7 nitrogen and oxygen atoms in total. The van der Waals surface area contributed by atoms with Crippen molar-refractivity contribution in [1.29, 1.82) is 0 Å². The van der Waals surface area contributed by atoms with Gasteiger partial charge in [0.2, 0.25) is 12.7 Å². The fourth-order valence-corrected chi connectivity index (χ4v) is 2.67. The van der Waals surface area contributed by atoms with Gasteiger partial charge in [-0.2, -0.15) is 0 Å². The standard InChI is InChI=1S/C18H16N4O3/c1-12(18-21-20-16-4-2-3-9-22(16)18)19-17(23)8-6-13-5-7-14-15(10-13)25-11-24-14/h2-10,12H,11H2,1H3,(H,19,23)/b8-6+/t12-/m0/s1. The molecule has 0 saturated carbocycles. The highest BCUT2D eigenvalue weighted by Crippen LogP contribution is 2.32. The van der Waals surface area contributed by atoms with Gasteiger partial charge in [0.1, 0.15) is 0 Å². The fraction of sp³-hybridized carbons (Fsp3) is 0.167. The average Bonchev–Trinajstić information content (AvgIpc) is 3.26. The molecule has 0 unspecified atom stereocenters. The van der Waals surface area contributed by atoms with Crippen LogP contribution in [-0.4, -0.2) is 27.3 Å². The lowest BCUT2D eigenvalue weighted by Crippen LogP contribution is -2.26. The van der Waals surface area contributed by atoms with Gasteiger partial charge in [0.15, 0.2) is 23.0 Å². The van der Waals surface area contributed by atoms with Gasteiger partial charge in [0.25, 0.3) is 0 Å². The van der Waals surface area contributed by atoms with Gasteiger partial charge in [-0.05, 0) is 42.8 Å². The largest absolute Gasteiger partial charge is 0.454 e. The number of hydrogen-bond donors (Lipinski definition) is 1. The van der Waals surface area contributed by atoms with Crippen molar-refractivity contribution in [3.63, 3.8) is 0 Å². The summed E-state index contributed by atoms with van der Waals surface area (Å²) in [5.74, 6) is 1.87. The van der Waals surface area contributed by atoms with Gasteiger partial charge in [0.05, 0.1) is 6.04 Å². The van der Waals surface area contributed by atoms with E-state index in [1.54, 1.807) is 6.08 Å². The van der Waals surface area contributed by atoms with Gasteiger partial charge in [0, 0.05) is 12.3 Å². The lowest BCUT2D eigenvalue weighted by atomic mass is 10.2. The Hall–Kier alpha value is -3.35. The molecule has 1 aliphatic heterocycles. The molecule has 2 aromatic heterocycles. The highest BCUT2D eigenvalue weighted by molar-refractivity contribution is 5.92. The first-order chi connectivity index (χ1) is 12.2. The monoisotopic (exact) mass is 336 g/mol. The van der Waals surface area contributed by atoms with Crippen LogP contribution in [-0.2, 0) is 4.79 Å². The molecular formula is C18H16N4O3. The predicted octanol–water partition coefficient (Wildman–Crippen LogP) is 2.35. The van der Waals surface area contributed by atoms with E-state index in [4.69, 9.17) is 9.47 Å². The van der Waals surface area contributed by atoms with Gasteiger partial charge in [-0.15, -0.1) is 10.2 Å². The summed E-state index contributed by atoms with van der Waals surface area (Å²) in [6, 6.07) is 10.9. The van der Waals surface area contributed by atoms with Crippen LogP contribution in [0, 0.1) is 0 Å². The van der Waals surface area contributed by atoms with Gasteiger partial charge in [-0.3, -0.25) is 9.20 Å². The smallest absolute Gasteiger partial charge is 0.244 e. The number of nitrogens with zero attached hydrogens (tertiary/aromatic N) is 3. The molecule has 0 spiro atoms. The zero-order valence-electron chi connectivity index (χ0n) is 13.5. The summed E-state index contributed by atoms with van der Waals surface area (Å²) in [7, 11) is 0. The minimum Gasteiger partial charge on any atom is -0.454 e. The van der Waals surface area contributed by atoms with Crippen LogP contribution in [0.4, 0.5) is 0 Å². The third kappa shape index (κ3) is 3.03. The van der Waals surface area contributed by atoms with Gasteiger partial charge in [-0.25, -0.2) is 0 Å². The molecule has 0 aliphatic carbocycles. The van der Waals surface area contributed by atoms with E-state index < -0.39 is 0 Å². The second-order valence-electron chi connectivity index (χ2n) is 5.66. The molecule has 7 heteroatoms. The summed E-state index contributed by atoms with van der Waals surface area (Å²) in [4.78, 5) is 12.2. The molecule has 0 radical (unpaired) electrons. The van der Waals surface area contributed by atoms with Crippen molar-refractivity contribution in [2.45, 2.75) is 13.0 Å². The van der Waals surface area contributed by atoms with Crippen molar-refractivity contribution in [3.05, 3.63) is 60.1 Å². The van der Waals surface area contributed by atoms with E-state index in [9.17, 15) is 4.79 Å². The normalized spacial score (nSPS) is 14.1. The number of ether oxygens (including phenoxy) is 2. The van der Waals surface area contributed by atoms with Crippen molar-refractivity contribution < 1.29 is 14.3 Å². The van der Waals surface area contributed by atoms with E-state index in [0.717, 1.165) is 11.2 Å². The molecule has 1 amide bonds. The molecule has 3 aromatic rings. The highest BCUT2D eigenvalue weighted by Gasteiger charge is 2.15. The molecule has 1 aliphatic rings. The molecule has 1 N–H and O–H groups in total. The highest BCUT2D eigenvalue weighted by atomic mass is 16.7. The van der Waals surface area contributed by atoms with E-state index in [0.29, 0.717) is 17.3 Å². The molecule has 4 rings (SSSR count). The first-order valence-electron chi connectivity index (χ1n) is 7.88. The van der Waals surface area contributed by atoms with Gasteiger partial charge >= 0.3 is 0 Å². The second kappa shape index (κ2) is 6.27. The molecule has 126 valence electrons. The number of benzene rings is 1. The van der Waals surface area contributed by atoms with Crippen LogP contribution in [0.5, 0.6) is 11.5 Å². The lowest BCUT2D eigenvalue weighted by molar-refractivity contribution is -0.117. The van der Waals surface area contributed by atoms with Gasteiger partial charge < -0.3 is 14.8 Å². The second-order valence-corrected chi connectivity index (χ2v) is 5.66. The molecule has 1 atom stereocenters. The molecule has 3 heterocycles. The quantitative estimate of drug-likeness (QED) is 0.740. The van der Waals surface area contributed by atoms with Crippen LogP contribution in [0.15, 0.2) is 48.7 Å². The van der Waals surface area contributed by atoms with Crippen molar-refractivity contribution >= 4 is 17.6 Å². The van der Waals surface area contributed by atoms with E-state index in [2.05, 4.69) is 15.5 Å². The summed E-state index contributed by atoms with van der Waals surface area (Å²) in [6.45, 7) is 2.10. The first kappa shape index (κ1) is 15.2. The minimum atomic E-state index is -0.272. The van der Waals surface area contributed by atoms with Crippen LogP contribution in [0.3, 0.4) is 0 Å². The predicted molar refractivity (Wildman–Crippen MR) is 91.1 cm³/mol. The summed E-state index contributed by atoms with van der Waals surface area (Å²) in [5.41, 5.74) is 1.61. The zero-order chi connectivity index (χ0) is 17.2. The Labute approximate surface area is 143 Å². The summed E-state index contributed by atoms with van der Waals surface area (Å²) >= 11 is 0. The fourth-order valence-electron chi connectivity index (χ4n) is 2.67. The summed E-state index contributed by atoms with van der Waals surface area (Å²) in [6.07, 6.45) is 5.08. The third-order valence-corrected chi connectivity index (χ3v) is 3.91. The van der Waals surface area contributed by atoms with E-state index in [-0.39, 0.29) is 18.7 Å². The molecule has 0 saturated heterocycles. The van der Waals surface area contributed by atoms with Crippen molar-refractivity contribution in [1.82, 2.24) is 19.9 Å². The third-order valence-electron chi connectivity index (χ3n) is 3.91. The van der Waals surface area contributed by atoms with Crippen molar-refractivity contribution in [3.8, 4) is 11.5 Å². The number of carbonyl (C=O) groups excluding carboxylic acids is 1. The number of amides is 1. The number of rotatable bonds is 4.